The molecule has 28 heavy (non-hydrogen) atoms. The van der Waals surface area contributed by atoms with Crippen LogP contribution in [0.3, 0.4) is 0 Å². The van der Waals surface area contributed by atoms with Gasteiger partial charge in [-0.25, -0.2) is 4.99 Å². The number of aromatic nitrogens is 2. The van der Waals surface area contributed by atoms with E-state index >= 15 is 0 Å². The van der Waals surface area contributed by atoms with Gasteiger partial charge in [-0.2, -0.15) is 4.98 Å². The lowest BCUT2D eigenvalue weighted by atomic mass is 10.2. The molecule has 1 aromatic heterocycles. The molecular weight excluding hydrogens is 497 g/mol. The summed E-state index contributed by atoms with van der Waals surface area (Å²) in [7, 11) is 3.15. The molecule has 0 aliphatic carbocycles. The fourth-order valence-electron chi connectivity index (χ4n) is 2.31. The molecule has 8 nitrogen and oxygen atoms in total. The van der Waals surface area contributed by atoms with Crippen molar-refractivity contribution in [1.82, 2.24) is 10.1 Å². The Morgan fingerprint density at radius 1 is 1.21 bits per heavy atom. The van der Waals surface area contributed by atoms with E-state index in [1.165, 1.54) is 0 Å². The Morgan fingerprint density at radius 3 is 2.75 bits per heavy atom. The van der Waals surface area contributed by atoms with Crippen molar-refractivity contribution >= 4 is 47.2 Å². The summed E-state index contributed by atoms with van der Waals surface area (Å²) < 4.78 is 15.7. The zero-order valence-corrected chi connectivity index (χ0v) is 18.3. The van der Waals surface area contributed by atoms with Gasteiger partial charge in [-0.1, -0.05) is 28.9 Å². The number of nitrogens with zero attached hydrogens (tertiary/aromatic N) is 3. The summed E-state index contributed by atoms with van der Waals surface area (Å²) in [5.74, 6) is 2.20. The summed E-state index contributed by atoms with van der Waals surface area (Å²) in [6.07, 6.45) is 0. The van der Waals surface area contributed by atoms with Crippen molar-refractivity contribution in [3.63, 3.8) is 0 Å². The largest absolute Gasteiger partial charge is 0.497 e. The van der Waals surface area contributed by atoms with Crippen LogP contribution < -0.4 is 20.5 Å². The van der Waals surface area contributed by atoms with Gasteiger partial charge in [-0.15, -0.1) is 24.0 Å². The fraction of sp³-hybridized carbons (Fsp3) is 0.167. The van der Waals surface area contributed by atoms with Crippen LogP contribution in [-0.2, 0) is 6.54 Å². The number of nitrogens with one attached hydrogen (secondary N) is 1. The third kappa shape index (κ3) is 5.49. The second-order valence-electron chi connectivity index (χ2n) is 5.41. The monoisotopic (exact) mass is 515 g/mol. The van der Waals surface area contributed by atoms with E-state index in [-0.39, 0.29) is 36.5 Å². The van der Waals surface area contributed by atoms with E-state index in [0.717, 1.165) is 5.56 Å². The minimum atomic E-state index is 0. The summed E-state index contributed by atoms with van der Waals surface area (Å²) in [4.78, 5) is 8.50. The number of aliphatic imine (C=N–C) groups is 1. The molecule has 0 spiro atoms. The van der Waals surface area contributed by atoms with E-state index in [1.807, 2.05) is 12.1 Å². The van der Waals surface area contributed by atoms with Crippen molar-refractivity contribution in [2.75, 3.05) is 19.5 Å². The first-order chi connectivity index (χ1) is 13.1. The lowest BCUT2D eigenvalue weighted by Gasteiger charge is -2.11. The molecule has 3 rings (SSSR count). The predicted molar refractivity (Wildman–Crippen MR) is 119 cm³/mol. The quantitative estimate of drug-likeness (QED) is 0.291. The van der Waals surface area contributed by atoms with Crippen LogP contribution in [0.25, 0.3) is 11.4 Å². The number of nitrogens with two attached hydrogens (primary N) is 1. The lowest BCUT2D eigenvalue weighted by Crippen LogP contribution is -2.23. The third-order valence-corrected chi connectivity index (χ3v) is 3.84. The first-order valence-electron chi connectivity index (χ1n) is 7.96. The molecule has 0 amide bonds. The van der Waals surface area contributed by atoms with E-state index in [0.29, 0.717) is 33.9 Å². The van der Waals surface area contributed by atoms with E-state index in [9.17, 15) is 0 Å². The van der Waals surface area contributed by atoms with Crippen molar-refractivity contribution < 1.29 is 14.0 Å². The van der Waals surface area contributed by atoms with Crippen molar-refractivity contribution in [1.29, 1.82) is 0 Å². The van der Waals surface area contributed by atoms with Crippen molar-refractivity contribution in [3.05, 3.63) is 53.4 Å². The van der Waals surface area contributed by atoms with Gasteiger partial charge in [-0.3, -0.25) is 0 Å². The Balaban J connectivity index is 0.00000280. The van der Waals surface area contributed by atoms with Crippen molar-refractivity contribution in [2.24, 2.45) is 10.7 Å². The second kappa shape index (κ2) is 10.1. The van der Waals surface area contributed by atoms with Gasteiger partial charge in [-0.05, 0) is 24.3 Å². The van der Waals surface area contributed by atoms with Gasteiger partial charge in [0.2, 0.25) is 11.7 Å². The number of hydrogen-bond donors (Lipinski definition) is 2. The predicted octanol–water partition coefficient (Wildman–Crippen LogP) is 3.95. The normalized spacial score (nSPS) is 10.9. The first-order valence-corrected chi connectivity index (χ1v) is 8.34. The number of guanidine groups is 1. The highest BCUT2D eigenvalue weighted by Gasteiger charge is 2.10. The zero-order chi connectivity index (χ0) is 19.2. The average Bonchev–Trinajstić information content (AvgIpc) is 3.15. The second-order valence-corrected chi connectivity index (χ2v) is 5.85. The smallest absolute Gasteiger partial charge is 0.248 e. The molecule has 0 unspecified atom stereocenters. The van der Waals surface area contributed by atoms with E-state index in [1.54, 1.807) is 44.6 Å². The van der Waals surface area contributed by atoms with Crippen LogP contribution in [0.4, 0.5) is 5.69 Å². The summed E-state index contributed by atoms with van der Waals surface area (Å²) in [5.41, 5.74) is 7.33. The minimum Gasteiger partial charge on any atom is -0.497 e. The Bertz CT molecular complexity index is 964. The fourth-order valence-corrected chi connectivity index (χ4v) is 2.50. The number of methoxy groups -OCH3 is 2. The van der Waals surface area contributed by atoms with Gasteiger partial charge in [0, 0.05) is 16.7 Å². The number of anilines is 1. The van der Waals surface area contributed by atoms with Crippen molar-refractivity contribution in [2.45, 2.75) is 6.54 Å². The molecule has 0 fully saturated rings. The zero-order valence-electron chi connectivity index (χ0n) is 15.2. The van der Waals surface area contributed by atoms with E-state index in [4.69, 9.17) is 31.3 Å². The summed E-state index contributed by atoms with van der Waals surface area (Å²) in [6, 6.07) is 12.5. The SMILES string of the molecule is COc1ccc(OC)c(NC(N)=NCc2nc(-c3cccc(Cl)c3)no2)c1.I. The van der Waals surface area contributed by atoms with Gasteiger partial charge >= 0.3 is 0 Å². The van der Waals surface area contributed by atoms with Crippen LogP contribution in [0.15, 0.2) is 52.0 Å². The molecular formula is C18H19ClIN5O3. The molecule has 0 saturated heterocycles. The number of rotatable bonds is 6. The molecule has 0 atom stereocenters. The standard InChI is InChI=1S/C18H18ClN5O3.HI/c1-25-13-6-7-15(26-2)14(9-13)22-18(20)21-10-16-23-17(24-27-16)11-4-3-5-12(19)8-11;/h3-9H,10H2,1-2H3,(H3,20,21,22);1H. The van der Waals surface area contributed by atoms with Gasteiger partial charge in [0.1, 0.15) is 18.0 Å². The molecule has 148 valence electrons. The van der Waals surface area contributed by atoms with Gasteiger partial charge < -0.3 is 25.0 Å². The molecule has 3 aromatic rings. The summed E-state index contributed by atoms with van der Waals surface area (Å²) in [6.45, 7) is 0.124. The highest BCUT2D eigenvalue weighted by molar-refractivity contribution is 14.0. The molecule has 0 bridgehead atoms. The molecule has 1 heterocycles. The lowest BCUT2D eigenvalue weighted by molar-refractivity contribution is 0.381. The molecule has 0 saturated carbocycles. The summed E-state index contributed by atoms with van der Waals surface area (Å²) >= 11 is 5.98. The molecule has 10 heteroatoms. The van der Waals surface area contributed by atoms with Gasteiger partial charge in [0.25, 0.3) is 0 Å². The van der Waals surface area contributed by atoms with E-state index in [2.05, 4.69) is 20.4 Å². The van der Waals surface area contributed by atoms with Crippen LogP contribution >= 0.6 is 35.6 Å². The van der Waals surface area contributed by atoms with Crippen LogP contribution in [0.1, 0.15) is 5.89 Å². The first kappa shape index (κ1) is 21.8. The van der Waals surface area contributed by atoms with Crippen LogP contribution in [0.5, 0.6) is 11.5 Å². The van der Waals surface area contributed by atoms with Gasteiger partial charge in [0.15, 0.2) is 5.96 Å². The van der Waals surface area contributed by atoms with Crippen molar-refractivity contribution in [3.8, 4) is 22.9 Å². The maximum Gasteiger partial charge on any atom is 0.248 e. The Labute approximate surface area is 184 Å². The molecule has 0 aliphatic heterocycles. The van der Waals surface area contributed by atoms with Gasteiger partial charge in [0.05, 0.1) is 19.9 Å². The molecule has 3 N–H and O–H groups in total. The topological polar surface area (TPSA) is 108 Å². The Hall–Kier alpha value is -2.53. The number of halogens is 2. The van der Waals surface area contributed by atoms with Crippen LogP contribution in [-0.4, -0.2) is 30.3 Å². The summed E-state index contributed by atoms with van der Waals surface area (Å²) in [5, 5.41) is 7.49. The minimum absolute atomic E-state index is 0. The van der Waals surface area contributed by atoms with Crippen LogP contribution in [0.2, 0.25) is 5.02 Å². The highest BCUT2D eigenvalue weighted by Crippen LogP contribution is 2.28. The maximum absolute atomic E-state index is 5.98. The number of hydrogen-bond acceptors (Lipinski definition) is 6. The average molecular weight is 516 g/mol. The Kier molecular flexibility index (Phi) is 7.88. The highest BCUT2D eigenvalue weighted by atomic mass is 127. The molecule has 2 aromatic carbocycles. The Morgan fingerprint density at radius 2 is 2.04 bits per heavy atom. The molecule has 0 aliphatic rings. The molecule has 0 radical (unpaired) electrons. The third-order valence-electron chi connectivity index (χ3n) is 3.60. The number of benzene rings is 2. The number of ether oxygens (including phenoxy) is 2. The maximum atomic E-state index is 5.98. The van der Waals surface area contributed by atoms with Crippen LogP contribution in [0, 0.1) is 0 Å². The van der Waals surface area contributed by atoms with E-state index < -0.39 is 0 Å².